The van der Waals surface area contributed by atoms with Gasteiger partial charge in [0.15, 0.2) is 0 Å². The van der Waals surface area contributed by atoms with Crippen molar-refractivity contribution in [3.8, 4) is 33.4 Å². The number of hydrogen-bond acceptors (Lipinski definition) is 2. The number of rotatable bonds is 13. The molecule has 2 nitrogen and oxygen atoms in total. The molecule has 0 fully saturated rings. The normalized spacial score (nSPS) is 16.0. The molecule has 0 aliphatic heterocycles. The number of anilines is 6. The Morgan fingerprint density at radius 2 is 0.639 bits per heavy atom. The highest BCUT2D eigenvalue weighted by molar-refractivity contribution is 5.88. The molecule has 0 N–H and O–H groups in total. The van der Waals surface area contributed by atoms with Crippen LogP contribution in [-0.4, -0.2) is 0 Å². The van der Waals surface area contributed by atoms with Crippen molar-refractivity contribution >= 4 is 46.3 Å². The van der Waals surface area contributed by atoms with E-state index in [4.69, 9.17) is 0 Å². The third-order valence-corrected chi connectivity index (χ3v) is 15.5. The fourth-order valence-electron chi connectivity index (χ4n) is 11.8. The predicted octanol–water partition coefficient (Wildman–Crippen LogP) is 18.6. The van der Waals surface area contributed by atoms with Crippen LogP contribution < -0.4 is 9.80 Å². The predicted molar refractivity (Wildman–Crippen MR) is 305 cm³/mol. The summed E-state index contributed by atoms with van der Waals surface area (Å²) < 4.78 is 0. The maximum absolute atomic E-state index is 3.98. The van der Waals surface area contributed by atoms with Gasteiger partial charge in [0.05, 0.1) is 0 Å². The first kappa shape index (κ1) is 44.5. The quantitative estimate of drug-likeness (QED) is 0.114. The minimum Gasteiger partial charge on any atom is -0.310 e. The number of para-hydroxylation sites is 2. The Morgan fingerprint density at radius 3 is 1.01 bits per heavy atom. The molecule has 2 aliphatic carbocycles. The summed E-state index contributed by atoms with van der Waals surface area (Å²) in [5.41, 5.74) is 24.2. The lowest BCUT2D eigenvalue weighted by molar-refractivity contribution is 0.583. The summed E-state index contributed by atoms with van der Waals surface area (Å²) >= 11 is 0. The van der Waals surface area contributed by atoms with Crippen LogP contribution in [0, 0.1) is 0 Å². The maximum atomic E-state index is 3.98. The van der Waals surface area contributed by atoms with Crippen molar-refractivity contribution in [1.82, 2.24) is 0 Å². The first-order chi connectivity index (χ1) is 35.3. The summed E-state index contributed by atoms with van der Waals surface area (Å²) in [5, 5.41) is 0. The Kier molecular flexibility index (Phi) is 11.3. The minimum atomic E-state index is -0.210. The second-order valence-corrected chi connectivity index (χ2v) is 19.9. The fourth-order valence-corrected chi connectivity index (χ4v) is 11.8. The van der Waals surface area contributed by atoms with Crippen LogP contribution in [0.25, 0.3) is 45.5 Å². The van der Waals surface area contributed by atoms with Gasteiger partial charge in [0.25, 0.3) is 0 Å². The van der Waals surface area contributed by atoms with Crippen LogP contribution in [0.3, 0.4) is 0 Å². The Hall–Kier alpha value is -8.72. The van der Waals surface area contributed by atoms with Crippen LogP contribution in [0.5, 0.6) is 0 Å². The molecule has 2 aliphatic rings. The molecule has 10 aromatic carbocycles. The number of benzene rings is 10. The lowest BCUT2D eigenvalue weighted by Gasteiger charge is -2.31. The molecule has 10 aromatic rings. The molecule has 0 saturated carbocycles. The van der Waals surface area contributed by atoms with E-state index in [1.54, 1.807) is 0 Å². The molecule has 0 saturated heterocycles. The minimum absolute atomic E-state index is 0.210. The first-order valence-corrected chi connectivity index (χ1v) is 25.1. The highest BCUT2D eigenvalue weighted by Crippen LogP contribution is 2.54. The monoisotopic (exact) mass is 924 g/mol. The van der Waals surface area contributed by atoms with Gasteiger partial charge in [-0.1, -0.05) is 209 Å². The average Bonchev–Trinajstić information content (AvgIpc) is 3.83. The van der Waals surface area contributed by atoms with Gasteiger partial charge >= 0.3 is 0 Å². The standard InChI is InChI=1S/C70H56N2/c1-5-49-25-29-51(30-26-49)47-69(3)65-23-15-13-21-61(65)63-43-41-59(45-67(63)69)71(55-17-9-7-10-18-55)57-37-33-53(34-38-57)54-35-39-58(40-36-54)72(56-19-11-8-12-20-56)60-42-44-64-62-22-14-16-24-66(62)70(4,68(64)46-60)48-52-31-27-50(6-2)28-32-52/h5-46H,1-2,47-48H2,3-4H3. The van der Waals surface area contributed by atoms with Crippen LogP contribution in [0.15, 0.2) is 256 Å². The van der Waals surface area contributed by atoms with Crippen molar-refractivity contribution in [3.63, 3.8) is 0 Å². The smallest absolute Gasteiger partial charge is 0.0465 e. The van der Waals surface area contributed by atoms with Crippen LogP contribution in [0.2, 0.25) is 0 Å². The molecule has 0 spiro atoms. The van der Waals surface area contributed by atoms with E-state index >= 15 is 0 Å². The van der Waals surface area contributed by atoms with Gasteiger partial charge in [-0.2, -0.15) is 0 Å². The van der Waals surface area contributed by atoms with Crippen molar-refractivity contribution in [2.75, 3.05) is 9.80 Å². The average molecular weight is 925 g/mol. The summed E-state index contributed by atoms with van der Waals surface area (Å²) in [6.07, 6.45) is 5.62. The van der Waals surface area contributed by atoms with E-state index in [1.165, 1.54) is 55.6 Å². The van der Waals surface area contributed by atoms with Gasteiger partial charge in [0.2, 0.25) is 0 Å². The first-order valence-electron chi connectivity index (χ1n) is 25.1. The van der Waals surface area contributed by atoms with Crippen molar-refractivity contribution in [3.05, 3.63) is 300 Å². The lowest BCUT2D eigenvalue weighted by atomic mass is 9.75. The molecular weight excluding hydrogens is 869 g/mol. The molecule has 0 heterocycles. The molecule has 2 unspecified atom stereocenters. The van der Waals surface area contributed by atoms with Gasteiger partial charge in [0, 0.05) is 45.0 Å². The molecule has 0 bridgehead atoms. The van der Waals surface area contributed by atoms with Crippen molar-refractivity contribution in [1.29, 1.82) is 0 Å². The van der Waals surface area contributed by atoms with Crippen molar-refractivity contribution in [2.45, 2.75) is 37.5 Å². The van der Waals surface area contributed by atoms with E-state index in [0.717, 1.165) is 69.2 Å². The number of fused-ring (bicyclic) bond motifs is 6. The second kappa shape index (κ2) is 18.2. The largest absolute Gasteiger partial charge is 0.310 e. The van der Waals surface area contributed by atoms with E-state index in [-0.39, 0.29) is 10.8 Å². The van der Waals surface area contributed by atoms with E-state index in [9.17, 15) is 0 Å². The van der Waals surface area contributed by atoms with Crippen molar-refractivity contribution < 1.29 is 0 Å². The zero-order valence-electron chi connectivity index (χ0n) is 41.0. The van der Waals surface area contributed by atoms with Gasteiger partial charge in [-0.3, -0.25) is 0 Å². The summed E-state index contributed by atoms with van der Waals surface area (Å²) in [7, 11) is 0. The third kappa shape index (κ3) is 7.77. The SMILES string of the molecule is C=Cc1ccc(CC2(C)c3ccccc3-c3ccc(N(c4ccccc4)c4ccc(-c5ccc(N(c6ccccc6)c6ccc7c(c6)C(C)(Cc6ccc(C=C)cc6)c6ccccc6-7)cc5)cc4)cc32)cc1. The van der Waals surface area contributed by atoms with Gasteiger partial charge in [0.1, 0.15) is 0 Å². The molecule has 0 aromatic heterocycles. The van der Waals surface area contributed by atoms with Crippen LogP contribution in [0.1, 0.15) is 58.4 Å². The van der Waals surface area contributed by atoms with Crippen LogP contribution >= 0.6 is 0 Å². The molecule has 0 amide bonds. The lowest BCUT2D eigenvalue weighted by Crippen LogP contribution is -2.24. The van der Waals surface area contributed by atoms with Gasteiger partial charge in [-0.15, -0.1) is 0 Å². The van der Waals surface area contributed by atoms with E-state index in [1.807, 2.05) is 12.2 Å². The molecule has 346 valence electrons. The van der Waals surface area contributed by atoms with E-state index in [0.29, 0.717) is 0 Å². The topological polar surface area (TPSA) is 6.48 Å². The zero-order valence-corrected chi connectivity index (χ0v) is 41.0. The van der Waals surface area contributed by atoms with Gasteiger partial charge in [-0.05, 0) is 164 Å². The van der Waals surface area contributed by atoms with Crippen LogP contribution in [0.4, 0.5) is 34.1 Å². The van der Waals surface area contributed by atoms with Crippen LogP contribution in [-0.2, 0) is 23.7 Å². The maximum Gasteiger partial charge on any atom is 0.0465 e. The molecule has 12 rings (SSSR count). The van der Waals surface area contributed by atoms with Gasteiger partial charge in [-0.25, -0.2) is 0 Å². The Morgan fingerprint density at radius 1 is 0.319 bits per heavy atom. The van der Waals surface area contributed by atoms with E-state index in [2.05, 4.69) is 279 Å². The Balaban J connectivity index is 0.873. The molecular formula is C70H56N2. The summed E-state index contributed by atoms with van der Waals surface area (Å²) in [4.78, 5) is 4.79. The summed E-state index contributed by atoms with van der Waals surface area (Å²) in [6.45, 7) is 12.8. The zero-order chi connectivity index (χ0) is 48.8. The number of hydrogen-bond donors (Lipinski definition) is 0. The van der Waals surface area contributed by atoms with Gasteiger partial charge < -0.3 is 9.80 Å². The summed E-state index contributed by atoms with van der Waals surface area (Å²) in [5.74, 6) is 0. The van der Waals surface area contributed by atoms with E-state index < -0.39 is 0 Å². The number of nitrogens with zero attached hydrogens (tertiary/aromatic N) is 2. The third-order valence-electron chi connectivity index (χ3n) is 15.5. The summed E-state index contributed by atoms with van der Waals surface area (Å²) in [6, 6.07) is 89.4. The highest BCUT2D eigenvalue weighted by atomic mass is 15.1. The molecule has 0 radical (unpaired) electrons. The Labute approximate surface area is 425 Å². The highest BCUT2D eigenvalue weighted by Gasteiger charge is 2.41. The Bertz CT molecular complexity index is 3370. The van der Waals surface area contributed by atoms with Crippen molar-refractivity contribution in [2.24, 2.45) is 0 Å². The molecule has 2 atom stereocenters. The molecule has 2 heteroatoms. The molecule has 72 heavy (non-hydrogen) atoms. The second-order valence-electron chi connectivity index (χ2n) is 19.9. The fraction of sp³-hybridized carbons (Fsp3) is 0.0857.